The van der Waals surface area contributed by atoms with Crippen molar-refractivity contribution in [2.45, 2.75) is 18.9 Å². The summed E-state index contributed by atoms with van der Waals surface area (Å²) in [4.78, 5) is 8.87. The van der Waals surface area contributed by atoms with Crippen molar-refractivity contribution in [3.63, 3.8) is 0 Å². The summed E-state index contributed by atoms with van der Waals surface area (Å²) >= 11 is 0. The van der Waals surface area contributed by atoms with E-state index in [9.17, 15) is 18.3 Å². The number of hydrogen-bond acceptors (Lipinski definition) is 7. The number of nitrogens with zero attached hydrogens (tertiary/aromatic N) is 4. The Morgan fingerprint density at radius 1 is 1.00 bits per heavy atom. The van der Waals surface area contributed by atoms with E-state index in [1.807, 2.05) is 0 Å². The molecule has 33 heavy (non-hydrogen) atoms. The van der Waals surface area contributed by atoms with Crippen molar-refractivity contribution in [2.75, 3.05) is 23.8 Å². The van der Waals surface area contributed by atoms with Gasteiger partial charge in [0.1, 0.15) is 17.3 Å². The molecule has 170 valence electrons. The number of fused-ring (bicyclic) bond motifs is 1. The highest BCUT2D eigenvalue weighted by Gasteiger charge is 2.24. The third kappa shape index (κ3) is 4.27. The third-order valence-electron chi connectivity index (χ3n) is 5.36. The molecule has 0 radical (unpaired) electrons. The minimum Gasteiger partial charge on any atom is -0.508 e. The van der Waals surface area contributed by atoms with E-state index >= 15 is 0 Å². The van der Waals surface area contributed by atoms with Gasteiger partial charge in [0.25, 0.3) is 0 Å². The third-order valence-corrected chi connectivity index (χ3v) is 5.36. The summed E-state index contributed by atoms with van der Waals surface area (Å²) in [6.45, 7) is 1.11. The van der Waals surface area contributed by atoms with Crippen molar-refractivity contribution < 1.29 is 23.0 Å². The van der Waals surface area contributed by atoms with Crippen LogP contribution in [0.4, 0.5) is 36.3 Å². The van der Waals surface area contributed by atoms with Crippen LogP contribution in [0.5, 0.6) is 5.75 Å². The number of rotatable bonds is 5. The molecule has 0 spiro atoms. The number of benzene rings is 2. The zero-order valence-corrected chi connectivity index (χ0v) is 17.2. The Balaban J connectivity index is 1.56. The molecule has 5 rings (SSSR count). The highest BCUT2D eigenvalue weighted by molar-refractivity contribution is 5.90. The Morgan fingerprint density at radius 2 is 1.70 bits per heavy atom. The normalized spacial score (nSPS) is 14.5. The fraction of sp³-hybridized carbons (Fsp3) is 0.227. The minimum absolute atomic E-state index is 0.0314. The number of nitrogens with one attached hydrogen (secondary N) is 2. The fourth-order valence-electron chi connectivity index (χ4n) is 3.71. The summed E-state index contributed by atoms with van der Waals surface area (Å²) in [7, 11) is 0. The van der Waals surface area contributed by atoms with Gasteiger partial charge in [0.15, 0.2) is 23.1 Å². The number of phenolic OH excluding ortho intramolecular Hbond substituents is 1. The molecule has 1 saturated heterocycles. The van der Waals surface area contributed by atoms with Crippen LogP contribution in [0.1, 0.15) is 18.9 Å². The molecular weight excluding hydrogens is 437 g/mol. The quantitative estimate of drug-likeness (QED) is 0.372. The van der Waals surface area contributed by atoms with E-state index in [-0.39, 0.29) is 23.6 Å². The molecule has 1 aliphatic heterocycles. The van der Waals surface area contributed by atoms with Gasteiger partial charge < -0.3 is 20.5 Å². The van der Waals surface area contributed by atoms with Gasteiger partial charge in [-0.3, -0.25) is 0 Å². The maximum absolute atomic E-state index is 14.2. The van der Waals surface area contributed by atoms with Gasteiger partial charge >= 0.3 is 0 Å². The molecule has 0 atom stereocenters. The highest BCUT2D eigenvalue weighted by atomic mass is 19.1. The molecule has 3 heterocycles. The monoisotopic (exact) mass is 456 g/mol. The van der Waals surface area contributed by atoms with Crippen LogP contribution in [0, 0.1) is 17.5 Å². The lowest BCUT2D eigenvalue weighted by atomic mass is 10.1. The van der Waals surface area contributed by atoms with E-state index in [1.165, 1.54) is 18.3 Å². The van der Waals surface area contributed by atoms with Crippen molar-refractivity contribution >= 4 is 34.2 Å². The molecule has 0 bridgehead atoms. The zero-order chi connectivity index (χ0) is 22.9. The first-order chi connectivity index (χ1) is 16.0. The summed E-state index contributed by atoms with van der Waals surface area (Å²) in [5, 5.41) is 20.1. The maximum atomic E-state index is 14.2. The standard InChI is InChI=1S/C22H19F3N6O2/c23-12-9-17(24)19(18(25)10-12)28-20-16-11-26-22(27-13-1-3-15(32)4-2-13)29-21(16)31(30-20)14-5-7-33-8-6-14/h1-4,9-11,14,32H,5-8H2,(H,28,30)(H,26,27,29). The van der Waals surface area contributed by atoms with Gasteiger partial charge in [0.2, 0.25) is 5.95 Å². The first-order valence-electron chi connectivity index (χ1n) is 10.3. The predicted octanol–water partition coefficient (Wildman–Crippen LogP) is 4.79. The lowest BCUT2D eigenvalue weighted by Crippen LogP contribution is -2.21. The molecule has 0 unspecified atom stereocenters. The van der Waals surface area contributed by atoms with Crippen molar-refractivity contribution in [3.05, 3.63) is 60.0 Å². The molecule has 8 nitrogen and oxygen atoms in total. The summed E-state index contributed by atoms with van der Waals surface area (Å²) in [6.07, 6.45) is 2.88. The van der Waals surface area contributed by atoms with Crippen LogP contribution in [0.2, 0.25) is 0 Å². The van der Waals surface area contributed by atoms with Gasteiger partial charge in [0, 0.05) is 37.2 Å². The molecule has 0 amide bonds. The van der Waals surface area contributed by atoms with Crippen LogP contribution in [-0.2, 0) is 4.74 Å². The van der Waals surface area contributed by atoms with E-state index in [4.69, 9.17) is 4.74 Å². The van der Waals surface area contributed by atoms with Crippen LogP contribution < -0.4 is 10.6 Å². The number of phenols is 1. The Bertz CT molecular complexity index is 1280. The molecule has 11 heteroatoms. The van der Waals surface area contributed by atoms with Crippen molar-refractivity contribution in [1.82, 2.24) is 19.7 Å². The molecule has 2 aromatic carbocycles. The topological polar surface area (TPSA) is 97.1 Å². The average molecular weight is 456 g/mol. The molecule has 0 saturated carbocycles. The van der Waals surface area contributed by atoms with Crippen LogP contribution in [0.25, 0.3) is 11.0 Å². The summed E-state index contributed by atoms with van der Waals surface area (Å²) < 4.78 is 48.9. The van der Waals surface area contributed by atoms with Crippen molar-refractivity contribution in [2.24, 2.45) is 0 Å². The van der Waals surface area contributed by atoms with Gasteiger partial charge in [-0.2, -0.15) is 10.1 Å². The molecule has 4 aromatic rings. The Morgan fingerprint density at radius 3 is 2.39 bits per heavy atom. The molecular formula is C22H19F3N6O2. The van der Waals surface area contributed by atoms with E-state index in [0.29, 0.717) is 54.9 Å². The van der Waals surface area contributed by atoms with Crippen LogP contribution >= 0.6 is 0 Å². The van der Waals surface area contributed by atoms with Crippen LogP contribution in [0.3, 0.4) is 0 Å². The number of aromatic hydroxyl groups is 1. The van der Waals surface area contributed by atoms with Gasteiger partial charge in [0.05, 0.1) is 11.4 Å². The van der Waals surface area contributed by atoms with Crippen LogP contribution in [0.15, 0.2) is 42.6 Å². The predicted molar refractivity (Wildman–Crippen MR) is 115 cm³/mol. The lowest BCUT2D eigenvalue weighted by molar-refractivity contribution is 0.0674. The van der Waals surface area contributed by atoms with Crippen LogP contribution in [-0.4, -0.2) is 38.1 Å². The van der Waals surface area contributed by atoms with E-state index in [1.54, 1.807) is 16.8 Å². The van der Waals surface area contributed by atoms with Gasteiger partial charge in [-0.1, -0.05) is 0 Å². The Hall–Kier alpha value is -3.86. The lowest BCUT2D eigenvalue weighted by Gasteiger charge is -2.22. The summed E-state index contributed by atoms with van der Waals surface area (Å²) in [5.74, 6) is -2.60. The van der Waals surface area contributed by atoms with Gasteiger partial charge in [-0.15, -0.1) is 0 Å². The van der Waals surface area contributed by atoms with Crippen molar-refractivity contribution in [1.29, 1.82) is 0 Å². The van der Waals surface area contributed by atoms with E-state index in [2.05, 4.69) is 25.7 Å². The van der Waals surface area contributed by atoms with Gasteiger partial charge in [-0.05, 0) is 37.1 Å². The second kappa shape index (κ2) is 8.58. The minimum atomic E-state index is -1.08. The average Bonchev–Trinajstić information content (AvgIpc) is 3.16. The highest BCUT2D eigenvalue weighted by Crippen LogP contribution is 2.32. The second-order valence-electron chi connectivity index (χ2n) is 7.61. The first kappa shape index (κ1) is 21.0. The summed E-state index contributed by atoms with van der Waals surface area (Å²) in [5.41, 5.74) is 0.614. The molecule has 3 N–H and O–H groups in total. The van der Waals surface area contributed by atoms with Gasteiger partial charge in [-0.25, -0.2) is 22.8 Å². The number of anilines is 4. The van der Waals surface area contributed by atoms with E-state index in [0.717, 1.165) is 0 Å². The summed E-state index contributed by atoms with van der Waals surface area (Å²) in [6, 6.07) is 7.56. The number of aromatic nitrogens is 4. The Kier molecular flexibility index (Phi) is 5.47. The largest absolute Gasteiger partial charge is 0.508 e. The van der Waals surface area contributed by atoms with E-state index < -0.39 is 23.1 Å². The fourth-order valence-corrected chi connectivity index (χ4v) is 3.71. The SMILES string of the molecule is Oc1ccc(Nc2ncc3c(Nc4c(F)cc(F)cc4F)nn(C4CCOCC4)c3n2)cc1. The maximum Gasteiger partial charge on any atom is 0.229 e. The zero-order valence-electron chi connectivity index (χ0n) is 17.2. The number of halogens is 3. The molecule has 2 aromatic heterocycles. The molecule has 0 aliphatic carbocycles. The first-order valence-corrected chi connectivity index (χ1v) is 10.3. The molecule has 1 fully saturated rings. The second-order valence-corrected chi connectivity index (χ2v) is 7.61. The number of hydrogen-bond donors (Lipinski definition) is 3. The smallest absolute Gasteiger partial charge is 0.229 e. The van der Waals surface area contributed by atoms with Crippen molar-refractivity contribution in [3.8, 4) is 5.75 Å². The Labute approximate surface area is 186 Å². The molecule has 1 aliphatic rings. The number of ether oxygens (including phenoxy) is 1.